The fourth-order valence-electron chi connectivity index (χ4n) is 0. The standard InChI is InChI=1S/C7H17N.H3N/c1-6(2,3)7(4,5)8;/h8H2,1-5H3;1H3. The van der Waals surface area contributed by atoms with E-state index in [1.54, 1.807) is 0 Å². The summed E-state index contributed by atoms with van der Waals surface area (Å²) in [6.07, 6.45) is 0. The molecule has 0 spiro atoms. The minimum atomic E-state index is -0.0625. The molecule has 9 heavy (non-hydrogen) atoms. The summed E-state index contributed by atoms with van der Waals surface area (Å²) < 4.78 is 0. The van der Waals surface area contributed by atoms with E-state index >= 15 is 0 Å². The number of hydrogen-bond acceptors (Lipinski definition) is 2. The lowest BCUT2D eigenvalue weighted by Gasteiger charge is -2.34. The second-order valence-corrected chi connectivity index (χ2v) is 3.97. The van der Waals surface area contributed by atoms with Crippen LogP contribution in [0, 0.1) is 5.41 Å². The highest BCUT2D eigenvalue weighted by molar-refractivity contribution is 4.85. The van der Waals surface area contributed by atoms with Gasteiger partial charge in [0.25, 0.3) is 0 Å². The summed E-state index contributed by atoms with van der Waals surface area (Å²) in [6, 6.07) is 0. The first-order chi connectivity index (χ1) is 3.25. The van der Waals surface area contributed by atoms with Gasteiger partial charge in [-0.2, -0.15) is 0 Å². The van der Waals surface area contributed by atoms with Gasteiger partial charge in [-0.25, -0.2) is 0 Å². The van der Waals surface area contributed by atoms with Gasteiger partial charge in [0.2, 0.25) is 0 Å². The van der Waals surface area contributed by atoms with E-state index in [9.17, 15) is 0 Å². The lowest BCUT2D eigenvalue weighted by molar-refractivity contribution is 0.230. The average molecular weight is 132 g/mol. The van der Waals surface area contributed by atoms with Gasteiger partial charge in [-0.3, -0.25) is 0 Å². The van der Waals surface area contributed by atoms with E-state index in [-0.39, 0.29) is 17.1 Å². The Labute approximate surface area is 58.4 Å². The Kier molecular flexibility index (Phi) is 3.47. The highest BCUT2D eigenvalue weighted by Crippen LogP contribution is 2.26. The van der Waals surface area contributed by atoms with E-state index in [1.165, 1.54) is 0 Å². The fourth-order valence-corrected chi connectivity index (χ4v) is 0. The molecule has 0 aliphatic heterocycles. The molecule has 0 radical (unpaired) electrons. The minimum absolute atomic E-state index is 0. The van der Waals surface area contributed by atoms with Crippen molar-refractivity contribution in [1.29, 1.82) is 0 Å². The van der Waals surface area contributed by atoms with Crippen LogP contribution in [0.25, 0.3) is 0 Å². The van der Waals surface area contributed by atoms with Crippen LogP contribution < -0.4 is 11.9 Å². The lowest BCUT2D eigenvalue weighted by Crippen LogP contribution is -2.45. The maximum absolute atomic E-state index is 5.81. The monoisotopic (exact) mass is 132 g/mol. The van der Waals surface area contributed by atoms with Crippen LogP contribution in [-0.2, 0) is 0 Å². The minimum Gasteiger partial charge on any atom is -0.344 e. The van der Waals surface area contributed by atoms with E-state index in [2.05, 4.69) is 20.8 Å². The highest BCUT2D eigenvalue weighted by Gasteiger charge is 2.27. The molecule has 2 heteroatoms. The van der Waals surface area contributed by atoms with Crippen LogP contribution in [0.1, 0.15) is 34.6 Å². The second kappa shape index (κ2) is 2.67. The molecule has 0 unspecified atom stereocenters. The van der Waals surface area contributed by atoms with Gasteiger partial charge in [0.05, 0.1) is 0 Å². The second-order valence-electron chi connectivity index (χ2n) is 3.97. The Morgan fingerprint density at radius 3 is 1.00 bits per heavy atom. The number of hydrogen-bond donors (Lipinski definition) is 2. The van der Waals surface area contributed by atoms with Crippen molar-refractivity contribution in [3.8, 4) is 0 Å². The molecule has 0 heterocycles. The molecular formula is C7H20N2. The number of nitrogens with two attached hydrogens (primary N) is 1. The van der Waals surface area contributed by atoms with Crippen LogP contribution in [0.4, 0.5) is 0 Å². The Balaban J connectivity index is 0. The van der Waals surface area contributed by atoms with Crippen molar-refractivity contribution >= 4 is 0 Å². The zero-order valence-corrected chi connectivity index (χ0v) is 7.28. The molecule has 0 aromatic rings. The molecule has 58 valence electrons. The van der Waals surface area contributed by atoms with Crippen LogP contribution in [0.3, 0.4) is 0 Å². The SMILES string of the molecule is CC(C)(C)C(C)(C)N.N. The van der Waals surface area contributed by atoms with Crippen LogP contribution in [0.15, 0.2) is 0 Å². The summed E-state index contributed by atoms with van der Waals surface area (Å²) in [5.41, 5.74) is 5.97. The predicted octanol–water partition coefficient (Wildman–Crippen LogP) is 1.93. The van der Waals surface area contributed by atoms with E-state index in [0.717, 1.165) is 0 Å². The average Bonchev–Trinajstić information content (AvgIpc) is 1.25. The molecule has 0 fully saturated rings. The quantitative estimate of drug-likeness (QED) is 0.529. The smallest absolute Gasteiger partial charge is 0.0146 e. The molecule has 0 atom stereocenters. The molecule has 0 rings (SSSR count). The van der Waals surface area contributed by atoms with Gasteiger partial charge in [-0.15, -0.1) is 0 Å². The third-order valence-corrected chi connectivity index (χ3v) is 1.93. The first-order valence-corrected chi connectivity index (χ1v) is 3.04. The highest BCUT2D eigenvalue weighted by atomic mass is 14.7. The van der Waals surface area contributed by atoms with Gasteiger partial charge in [0, 0.05) is 5.54 Å². The van der Waals surface area contributed by atoms with E-state index < -0.39 is 0 Å². The molecule has 0 saturated carbocycles. The molecule has 0 bridgehead atoms. The first-order valence-electron chi connectivity index (χ1n) is 3.04. The first kappa shape index (κ1) is 11.7. The maximum Gasteiger partial charge on any atom is 0.0146 e. The summed E-state index contributed by atoms with van der Waals surface area (Å²) in [5, 5.41) is 0. The van der Waals surface area contributed by atoms with Crippen molar-refractivity contribution in [2.24, 2.45) is 11.1 Å². The summed E-state index contributed by atoms with van der Waals surface area (Å²) in [4.78, 5) is 0. The molecule has 0 aromatic heterocycles. The Bertz CT molecular complexity index is 61.9. The normalized spacial score (nSPS) is 12.7. The fraction of sp³-hybridized carbons (Fsp3) is 1.00. The third-order valence-electron chi connectivity index (χ3n) is 1.93. The van der Waals surface area contributed by atoms with Crippen molar-refractivity contribution in [3.63, 3.8) is 0 Å². The van der Waals surface area contributed by atoms with Crippen LogP contribution in [0.2, 0.25) is 0 Å². The molecular weight excluding hydrogens is 112 g/mol. The Morgan fingerprint density at radius 2 is 1.00 bits per heavy atom. The summed E-state index contributed by atoms with van der Waals surface area (Å²) >= 11 is 0. The van der Waals surface area contributed by atoms with E-state index in [0.29, 0.717) is 0 Å². The zero-order chi connectivity index (χ0) is 7.00. The Hall–Kier alpha value is -0.0800. The zero-order valence-electron chi connectivity index (χ0n) is 7.28. The van der Waals surface area contributed by atoms with Crippen molar-refractivity contribution in [2.75, 3.05) is 0 Å². The molecule has 5 N–H and O–H groups in total. The van der Waals surface area contributed by atoms with Gasteiger partial charge in [0.1, 0.15) is 0 Å². The van der Waals surface area contributed by atoms with Crippen molar-refractivity contribution in [2.45, 2.75) is 40.2 Å². The molecule has 0 aliphatic rings. The van der Waals surface area contributed by atoms with Crippen molar-refractivity contribution in [1.82, 2.24) is 6.15 Å². The largest absolute Gasteiger partial charge is 0.344 e. The van der Waals surface area contributed by atoms with Gasteiger partial charge >= 0.3 is 0 Å². The summed E-state index contributed by atoms with van der Waals surface area (Å²) in [6.45, 7) is 10.5. The van der Waals surface area contributed by atoms with Crippen molar-refractivity contribution in [3.05, 3.63) is 0 Å². The number of rotatable bonds is 0. The van der Waals surface area contributed by atoms with E-state index in [1.807, 2.05) is 13.8 Å². The van der Waals surface area contributed by atoms with Gasteiger partial charge in [-0.1, -0.05) is 20.8 Å². The topological polar surface area (TPSA) is 61.0 Å². The molecule has 2 nitrogen and oxygen atoms in total. The van der Waals surface area contributed by atoms with Gasteiger partial charge in [-0.05, 0) is 19.3 Å². The van der Waals surface area contributed by atoms with E-state index in [4.69, 9.17) is 5.73 Å². The van der Waals surface area contributed by atoms with Gasteiger partial charge in [0.15, 0.2) is 0 Å². The maximum atomic E-state index is 5.81. The molecule has 0 aliphatic carbocycles. The molecule has 0 amide bonds. The van der Waals surface area contributed by atoms with Crippen LogP contribution in [-0.4, -0.2) is 5.54 Å². The molecule has 0 saturated heterocycles. The summed E-state index contributed by atoms with van der Waals surface area (Å²) in [7, 11) is 0. The predicted molar refractivity (Wildman–Crippen MR) is 42.7 cm³/mol. The van der Waals surface area contributed by atoms with Crippen LogP contribution >= 0.6 is 0 Å². The van der Waals surface area contributed by atoms with Crippen LogP contribution in [0.5, 0.6) is 0 Å². The van der Waals surface area contributed by atoms with Gasteiger partial charge < -0.3 is 11.9 Å². The third kappa shape index (κ3) is 3.49. The molecule has 0 aromatic carbocycles. The lowest BCUT2D eigenvalue weighted by atomic mass is 9.77. The Morgan fingerprint density at radius 1 is 0.889 bits per heavy atom. The summed E-state index contributed by atoms with van der Waals surface area (Å²) in [5.74, 6) is 0. The van der Waals surface area contributed by atoms with Crippen molar-refractivity contribution < 1.29 is 0 Å².